The van der Waals surface area contributed by atoms with Crippen molar-refractivity contribution in [3.05, 3.63) is 70.0 Å². The molecule has 0 bridgehead atoms. The zero-order valence-electron chi connectivity index (χ0n) is 13.5. The quantitative estimate of drug-likeness (QED) is 0.509. The number of amides is 3. The van der Waals surface area contributed by atoms with Gasteiger partial charge in [-0.05, 0) is 24.6 Å². The molecule has 8 nitrogen and oxygen atoms in total. The van der Waals surface area contributed by atoms with Crippen molar-refractivity contribution in [2.75, 3.05) is 6.54 Å². The lowest BCUT2D eigenvalue weighted by Crippen LogP contribution is -2.41. The highest BCUT2D eigenvalue weighted by molar-refractivity contribution is 6.07. The Morgan fingerprint density at radius 2 is 2.04 bits per heavy atom. The number of hydrogen-bond acceptors (Lipinski definition) is 5. The largest absolute Gasteiger partial charge is 0.325 e. The van der Waals surface area contributed by atoms with Gasteiger partial charge >= 0.3 is 6.03 Å². The third-order valence-electron chi connectivity index (χ3n) is 4.23. The summed E-state index contributed by atoms with van der Waals surface area (Å²) in [6.07, 6.45) is 2.08. The minimum atomic E-state index is -1.33. The fourth-order valence-electron chi connectivity index (χ4n) is 2.80. The summed E-state index contributed by atoms with van der Waals surface area (Å²) >= 11 is 0. The number of benzene rings is 1. The van der Waals surface area contributed by atoms with Crippen LogP contribution in [0.2, 0.25) is 0 Å². The maximum Gasteiger partial charge on any atom is 0.325 e. The van der Waals surface area contributed by atoms with Crippen LogP contribution in [0.15, 0.2) is 48.7 Å². The second-order valence-electron chi connectivity index (χ2n) is 5.89. The molecule has 0 saturated carbocycles. The van der Waals surface area contributed by atoms with Crippen LogP contribution in [0.25, 0.3) is 0 Å². The summed E-state index contributed by atoms with van der Waals surface area (Å²) in [7, 11) is 0. The smallest absolute Gasteiger partial charge is 0.319 e. The molecule has 1 aliphatic heterocycles. The Balaban J connectivity index is 1.82. The van der Waals surface area contributed by atoms with Gasteiger partial charge < -0.3 is 5.32 Å². The standard InChI is InChI=1S/C17H16N4O4/c1-17(12-5-4-7-14(11-12)21(24)25)15(22)20(16(23)19-17)10-8-13-6-2-3-9-18-13/h2-7,9,11H,8,10H2,1H3,(H,19,23). The number of nitro benzene ring substituents is 1. The number of carbonyl (C=O) groups excluding carboxylic acids is 2. The van der Waals surface area contributed by atoms with Gasteiger partial charge in [-0.25, -0.2) is 4.79 Å². The maximum absolute atomic E-state index is 12.8. The number of hydrogen-bond donors (Lipinski definition) is 1. The van der Waals surface area contributed by atoms with E-state index in [-0.39, 0.29) is 12.2 Å². The summed E-state index contributed by atoms with van der Waals surface area (Å²) in [4.78, 5) is 40.8. The second-order valence-corrected chi connectivity index (χ2v) is 5.89. The molecule has 1 aromatic heterocycles. The molecule has 1 N–H and O–H groups in total. The van der Waals surface area contributed by atoms with Gasteiger partial charge in [0.25, 0.3) is 11.6 Å². The molecule has 3 amide bonds. The van der Waals surface area contributed by atoms with Crippen molar-refractivity contribution in [3.8, 4) is 0 Å². The summed E-state index contributed by atoms with van der Waals surface area (Å²) in [6, 6.07) is 10.7. The van der Waals surface area contributed by atoms with Gasteiger partial charge in [0, 0.05) is 37.0 Å². The average molecular weight is 340 g/mol. The fourth-order valence-corrected chi connectivity index (χ4v) is 2.80. The van der Waals surface area contributed by atoms with Gasteiger partial charge in [-0.2, -0.15) is 0 Å². The van der Waals surface area contributed by atoms with E-state index in [2.05, 4.69) is 10.3 Å². The third kappa shape index (κ3) is 3.06. The Bertz CT molecular complexity index is 840. The molecule has 8 heteroatoms. The molecular weight excluding hydrogens is 324 g/mol. The Morgan fingerprint density at radius 3 is 2.72 bits per heavy atom. The maximum atomic E-state index is 12.8. The molecule has 1 fully saturated rings. The van der Waals surface area contributed by atoms with Gasteiger partial charge in [0.15, 0.2) is 0 Å². The van der Waals surface area contributed by atoms with Crippen molar-refractivity contribution < 1.29 is 14.5 Å². The molecule has 2 heterocycles. The number of rotatable bonds is 5. The Morgan fingerprint density at radius 1 is 1.24 bits per heavy atom. The zero-order chi connectivity index (χ0) is 18.0. The second kappa shape index (κ2) is 6.31. The molecule has 25 heavy (non-hydrogen) atoms. The predicted octanol–water partition coefficient (Wildman–Crippen LogP) is 2.00. The summed E-state index contributed by atoms with van der Waals surface area (Å²) < 4.78 is 0. The van der Waals surface area contributed by atoms with Gasteiger partial charge in [-0.15, -0.1) is 0 Å². The molecule has 1 unspecified atom stereocenters. The highest BCUT2D eigenvalue weighted by atomic mass is 16.6. The van der Waals surface area contributed by atoms with E-state index in [0.29, 0.717) is 12.0 Å². The average Bonchev–Trinajstić information content (AvgIpc) is 2.84. The number of nitro groups is 1. The van der Waals surface area contributed by atoms with Crippen LogP contribution in [0.3, 0.4) is 0 Å². The molecule has 0 radical (unpaired) electrons. The minimum Gasteiger partial charge on any atom is -0.319 e. The van der Waals surface area contributed by atoms with Crippen molar-refractivity contribution >= 4 is 17.6 Å². The van der Waals surface area contributed by atoms with Crippen molar-refractivity contribution in [2.24, 2.45) is 0 Å². The number of urea groups is 1. The lowest BCUT2D eigenvalue weighted by Gasteiger charge is -2.22. The van der Waals surface area contributed by atoms with Crippen molar-refractivity contribution in [1.82, 2.24) is 15.2 Å². The van der Waals surface area contributed by atoms with Crippen molar-refractivity contribution in [2.45, 2.75) is 18.9 Å². The predicted molar refractivity (Wildman–Crippen MR) is 88.6 cm³/mol. The van der Waals surface area contributed by atoms with Crippen LogP contribution in [0, 0.1) is 10.1 Å². The van der Waals surface area contributed by atoms with Crippen LogP contribution in [0.5, 0.6) is 0 Å². The van der Waals surface area contributed by atoms with Crippen LogP contribution in [0.1, 0.15) is 18.2 Å². The molecule has 2 aromatic rings. The molecule has 0 spiro atoms. The van der Waals surface area contributed by atoms with Crippen LogP contribution in [-0.4, -0.2) is 33.3 Å². The summed E-state index contributed by atoms with van der Waals surface area (Å²) in [5, 5.41) is 13.6. The first-order chi connectivity index (χ1) is 11.9. The number of aromatic nitrogens is 1. The first kappa shape index (κ1) is 16.6. The van der Waals surface area contributed by atoms with Crippen molar-refractivity contribution in [3.63, 3.8) is 0 Å². The number of imide groups is 1. The first-order valence-corrected chi connectivity index (χ1v) is 7.71. The normalized spacial score (nSPS) is 19.8. The van der Waals surface area contributed by atoms with Crippen LogP contribution in [-0.2, 0) is 16.8 Å². The Hall–Kier alpha value is -3.29. The number of non-ortho nitro benzene ring substituents is 1. The van der Waals surface area contributed by atoms with Crippen LogP contribution in [0.4, 0.5) is 10.5 Å². The van der Waals surface area contributed by atoms with E-state index in [1.807, 2.05) is 12.1 Å². The molecular formula is C17H16N4O4. The Kier molecular flexibility index (Phi) is 4.18. The van der Waals surface area contributed by atoms with Gasteiger partial charge in [0.1, 0.15) is 5.54 Å². The van der Waals surface area contributed by atoms with Crippen LogP contribution >= 0.6 is 0 Å². The lowest BCUT2D eigenvalue weighted by molar-refractivity contribution is -0.385. The van der Waals surface area contributed by atoms with E-state index in [1.165, 1.54) is 18.2 Å². The molecule has 1 atom stereocenters. The molecule has 1 aromatic carbocycles. The number of nitrogens with zero attached hydrogens (tertiary/aromatic N) is 3. The number of pyridine rings is 1. The molecule has 3 rings (SSSR count). The van der Waals surface area contributed by atoms with Gasteiger partial charge in [0.05, 0.1) is 4.92 Å². The van der Waals surface area contributed by atoms with Gasteiger partial charge in [-0.1, -0.05) is 18.2 Å². The fraction of sp³-hybridized carbons (Fsp3) is 0.235. The molecule has 1 saturated heterocycles. The Labute approximate surface area is 143 Å². The highest BCUT2D eigenvalue weighted by Crippen LogP contribution is 2.30. The summed E-state index contributed by atoms with van der Waals surface area (Å²) in [6.45, 7) is 1.74. The topological polar surface area (TPSA) is 105 Å². The molecule has 128 valence electrons. The van der Waals surface area contributed by atoms with E-state index in [9.17, 15) is 19.7 Å². The van der Waals surface area contributed by atoms with E-state index < -0.39 is 22.4 Å². The first-order valence-electron chi connectivity index (χ1n) is 7.71. The summed E-state index contributed by atoms with van der Waals surface area (Å²) in [5.41, 5.74) is -0.312. The monoisotopic (exact) mass is 340 g/mol. The number of carbonyl (C=O) groups is 2. The van der Waals surface area contributed by atoms with Gasteiger partial charge in [0.2, 0.25) is 0 Å². The van der Waals surface area contributed by atoms with E-state index >= 15 is 0 Å². The highest BCUT2D eigenvalue weighted by Gasteiger charge is 2.49. The van der Waals surface area contributed by atoms with E-state index in [1.54, 1.807) is 25.3 Å². The molecule has 1 aliphatic rings. The minimum absolute atomic E-state index is 0.132. The van der Waals surface area contributed by atoms with Crippen LogP contribution < -0.4 is 5.32 Å². The number of nitrogens with one attached hydrogen (secondary N) is 1. The van der Waals surface area contributed by atoms with E-state index in [4.69, 9.17) is 0 Å². The van der Waals surface area contributed by atoms with E-state index in [0.717, 1.165) is 10.6 Å². The van der Waals surface area contributed by atoms with Crippen molar-refractivity contribution in [1.29, 1.82) is 0 Å². The zero-order valence-corrected chi connectivity index (χ0v) is 13.5. The summed E-state index contributed by atoms with van der Waals surface area (Å²) in [5.74, 6) is -0.436. The molecule has 0 aliphatic carbocycles. The third-order valence-corrected chi connectivity index (χ3v) is 4.23. The lowest BCUT2D eigenvalue weighted by atomic mass is 9.91. The SMILES string of the molecule is CC1(c2cccc([N+](=O)[O-])c2)NC(=O)N(CCc2ccccn2)C1=O. The van der Waals surface area contributed by atoms with Gasteiger partial charge in [-0.3, -0.25) is 24.8 Å².